The molecule has 24 heavy (non-hydrogen) atoms. The highest BCUT2D eigenvalue weighted by Crippen LogP contribution is 2.28. The lowest BCUT2D eigenvalue weighted by Gasteiger charge is -2.15. The number of hydrogen-bond acceptors (Lipinski definition) is 4. The molecule has 1 fully saturated rings. The number of likely N-dealkylation sites (tertiary alicyclic amines) is 1. The van der Waals surface area contributed by atoms with E-state index >= 15 is 0 Å². The molecule has 2 heterocycles. The van der Waals surface area contributed by atoms with Crippen LogP contribution in [0.25, 0.3) is 0 Å². The summed E-state index contributed by atoms with van der Waals surface area (Å²) in [6.45, 7) is 5.05. The second-order valence-electron chi connectivity index (χ2n) is 5.92. The van der Waals surface area contributed by atoms with E-state index in [1.54, 1.807) is 24.3 Å². The van der Waals surface area contributed by atoms with E-state index < -0.39 is 5.82 Å². The maximum absolute atomic E-state index is 13.7. The third-order valence-electron chi connectivity index (χ3n) is 4.11. The quantitative estimate of drug-likeness (QED) is 0.862. The molecule has 126 valence electrons. The fourth-order valence-corrected chi connectivity index (χ4v) is 2.86. The highest BCUT2D eigenvalue weighted by atomic mass is 19.1. The van der Waals surface area contributed by atoms with Crippen LogP contribution in [0.4, 0.5) is 4.39 Å². The Balaban J connectivity index is 1.80. The number of nitrogens with zero attached hydrogens (tertiary/aromatic N) is 3. The average Bonchev–Trinajstić information content (AvgIpc) is 3.06. The van der Waals surface area contributed by atoms with Crippen LogP contribution in [0.1, 0.15) is 37.2 Å². The second kappa shape index (κ2) is 6.95. The molecule has 2 aromatic rings. The summed E-state index contributed by atoms with van der Waals surface area (Å²) in [7, 11) is 0. The van der Waals surface area contributed by atoms with Crippen LogP contribution in [-0.4, -0.2) is 33.9 Å². The molecule has 0 aliphatic carbocycles. The Morgan fingerprint density at radius 1 is 1.38 bits per heavy atom. The standard InChI is InChI=1S/C18H20FN3O2/c1-3-17(23)22-9-8-13(11-22)18-20-12(2)10-16(21-18)24-15-7-5-4-6-14(15)19/h4-7,10,13H,3,8-9,11H2,1-2H3. The number of aryl methyl sites for hydroxylation is 1. The number of carbonyl (C=O) groups excluding carboxylic acids is 1. The molecule has 3 rings (SSSR count). The number of halogens is 1. The number of rotatable bonds is 4. The van der Waals surface area contributed by atoms with Crippen molar-refractivity contribution >= 4 is 5.91 Å². The van der Waals surface area contributed by atoms with Crippen LogP contribution >= 0.6 is 0 Å². The summed E-state index contributed by atoms with van der Waals surface area (Å²) in [5, 5.41) is 0. The fourth-order valence-electron chi connectivity index (χ4n) is 2.86. The smallest absolute Gasteiger partial charge is 0.222 e. The normalized spacial score (nSPS) is 17.1. The van der Waals surface area contributed by atoms with Gasteiger partial charge in [-0.3, -0.25) is 4.79 Å². The molecule has 6 heteroatoms. The van der Waals surface area contributed by atoms with Gasteiger partial charge in [-0.2, -0.15) is 4.98 Å². The van der Waals surface area contributed by atoms with E-state index in [-0.39, 0.29) is 17.6 Å². The van der Waals surface area contributed by atoms with Crippen LogP contribution in [-0.2, 0) is 4.79 Å². The monoisotopic (exact) mass is 329 g/mol. The number of aromatic nitrogens is 2. The Kier molecular flexibility index (Phi) is 4.74. The summed E-state index contributed by atoms with van der Waals surface area (Å²) < 4.78 is 19.3. The van der Waals surface area contributed by atoms with E-state index in [4.69, 9.17) is 4.74 Å². The molecule has 5 nitrogen and oxygen atoms in total. The molecule has 0 spiro atoms. The first-order chi connectivity index (χ1) is 11.6. The van der Waals surface area contributed by atoms with Crippen molar-refractivity contribution in [3.05, 3.63) is 47.7 Å². The lowest BCUT2D eigenvalue weighted by molar-refractivity contribution is -0.129. The van der Waals surface area contributed by atoms with Gasteiger partial charge >= 0.3 is 0 Å². The summed E-state index contributed by atoms with van der Waals surface area (Å²) >= 11 is 0. The van der Waals surface area contributed by atoms with Gasteiger partial charge in [-0.15, -0.1) is 0 Å². The minimum absolute atomic E-state index is 0.0865. The van der Waals surface area contributed by atoms with Gasteiger partial charge in [0.05, 0.1) is 0 Å². The van der Waals surface area contributed by atoms with Gasteiger partial charge in [0.25, 0.3) is 0 Å². The van der Waals surface area contributed by atoms with E-state index in [0.717, 1.165) is 18.7 Å². The van der Waals surface area contributed by atoms with Gasteiger partial charge in [-0.1, -0.05) is 19.1 Å². The van der Waals surface area contributed by atoms with Gasteiger partial charge in [0, 0.05) is 37.2 Å². The third-order valence-corrected chi connectivity index (χ3v) is 4.11. The highest BCUT2D eigenvalue weighted by molar-refractivity contribution is 5.76. The zero-order valence-electron chi connectivity index (χ0n) is 13.8. The van der Waals surface area contributed by atoms with Crippen molar-refractivity contribution in [3.8, 4) is 11.6 Å². The van der Waals surface area contributed by atoms with Gasteiger partial charge in [0.15, 0.2) is 11.6 Å². The van der Waals surface area contributed by atoms with Crippen molar-refractivity contribution in [2.45, 2.75) is 32.6 Å². The van der Waals surface area contributed by atoms with E-state index in [1.807, 2.05) is 18.7 Å². The van der Waals surface area contributed by atoms with Crippen LogP contribution in [0.3, 0.4) is 0 Å². The number of benzene rings is 1. The number of ether oxygens (including phenoxy) is 1. The molecule has 0 saturated carbocycles. The lowest BCUT2D eigenvalue weighted by Crippen LogP contribution is -2.27. The predicted molar refractivity (Wildman–Crippen MR) is 87.5 cm³/mol. The molecule has 1 aromatic carbocycles. The molecule has 1 atom stereocenters. The lowest BCUT2D eigenvalue weighted by atomic mass is 10.1. The maximum Gasteiger partial charge on any atom is 0.222 e. The first kappa shape index (κ1) is 16.4. The minimum atomic E-state index is -0.434. The summed E-state index contributed by atoms with van der Waals surface area (Å²) in [6, 6.07) is 7.90. The van der Waals surface area contributed by atoms with Crippen LogP contribution in [0, 0.1) is 12.7 Å². The molecule has 1 aromatic heterocycles. The number of para-hydroxylation sites is 1. The van der Waals surface area contributed by atoms with Gasteiger partial charge in [0.2, 0.25) is 11.8 Å². The van der Waals surface area contributed by atoms with E-state index in [2.05, 4.69) is 9.97 Å². The van der Waals surface area contributed by atoms with Crippen LogP contribution in [0.5, 0.6) is 11.6 Å². The summed E-state index contributed by atoms with van der Waals surface area (Å²) in [5.74, 6) is 0.902. The summed E-state index contributed by atoms with van der Waals surface area (Å²) in [4.78, 5) is 22.6. The van der Waals surface area contributed by atoms with Crippen molar-refractivity contribution in [2.24, 2.45) is 0 Å². The zero-order valence-corrected chi connectivity index (χ0v) is 13.8. The largest absolute Gasteiger partial charge is 0.436 e. The minimum Gasteiger partial charge on any atom is -0.436 e. The van der Waals surface area contributed by atoms with Crippen LogP contribution < -0.4 is 4.74 Å². The second-order valence-corrected chi connectivity index (χ2v) is 5.92. The molecule has 0 radical (unpaired) electrons. The predicted octanol–water partition coefficient (Wildman–Crippen LogP) is 3.44. The fraction of sp³-hybridized carbons (Fsp3) is 0.389. The van der Waals surface area contributed by atoms with Crippen molar-refractivity contribution < 1.29 is 13.9 Å². The summed E-state index contributed by atoms with van der Waals surface area (Å²) in [6.07, 6.45) is 1.33. The Hall–Kier alpha value is -2.50. The molecule has 0 N–H and O–H groups in total. The molecule has 1 unspecified atom stereocenters. The van der Waals surface area contributed by atoms with Crippen molar-refractivity contribution in [3.63, 3.8) is 0 Å². The molecular formula is C18H20FN3O2. The van der Waals surface area contributed by atoms with Gasteiger partial charge < -0.3 is 9.64 Å². The van der Waals surface area contributed by atoms with Crippen LogP contribution in [0.2, 0.25) is 0 Å². The van der Waals surface area contributed by atoms with Crippen molar-refractivity contribution in [1.82, 2.24) is 14.9 Å². The van der Waals surface area contributed by atoms with Crippen molar-refractivity contribution in [2.75, 3.05) is 13.1 Å². The van der Waals surface area contributed by atoms with Crippen LogP contribution in [0.15, 0.2) is 30.3 Å². The number of amides is 1. The maximum atomic E-state index is 13.7. The van der Waals surface area contributed by atoms with Gasteiger partial charge in [0.1, 0.15) is 5.82 Å². The molecule has 0 bridgehead atoms. The molecular weight excluding hydrogens is 309 g/mol. The van der Waals surface area contributed by atoms with E-state index in [9.17, 15) is 9.18 Å². The van der Waals surface area contributed by atoms with Crippen molar-refractivity contribution in [1.29, 1.82) is 0 Å². The average molecular weight is 329 g/mol. The Morgan fingerprint density at radius 2 is 2.17 bits per heavy atom. The SMILES string of the molecule is CCC(=O)N1CCC(c2nc(C)cc(Oc3ccccc3F)n2)C1. The first-order valence-corrected chi connectivity index (χ1v) is 8.12. The highest BCUT2D eigenvalue weighted by Gasteiger charge is 2.28. The Bertz CT molecular complexity index is 751. The molecule has 1 amide bonds. The number of hydrogen-bond donors (Lipinski definition) is 0. The molecule has 1 aliphatic heterocycles. The van der Waals surface area contributed by atoms with E-state index in [1.165, 1.54) is 6.07 Å². The molecule has 1 aliphatic rings. The van der Waals surface area contributed by atoms with Gasteiger partial charge in [-0.05, 0) is 25.5 Å². The third kappa shape index (κ3) is 3.53. The molecule has 1 saturated heterocycles. The Labute approximate surface area is 140 Å². The van der Waals surface area contributed by atoms with Gasteiger partial charge in [-0.25, -0.2) is 9.37 Å². The van der Waals surface area contributed by atoms with E-state index in [0.29, 0.717) is 24.7 Å². The zero-order chi connectivity index (χ0) is 17.1. The Morgan fingerprint density at radius 3 is 2.92 bits per heavy atom. The summed E-state index contributed by atoms with van der Waals surface area (Å²) in [5.41, 5.74) is 0.756. The topological polar surface area (TPSA) is 55.3 Å². The number of carbonyl (C=O) groups is 1. The first-order valence-electron chi connectivity index (χ1n) is 8.12.